The van der Waals surface area contributed by atoms with E-state index in [-0.39, 0.29) is 35.4 Å². The van der Waals surface area contributed by atoms with Crippen molar-refractivity contribution in [1.82, 2.24) is 0 Å². The van der Waals surface area contributed by atoms with Crippen LogP contribution in [-0.2, 0) is 46.1 Å². The SMILES string of the molecule is COc1ccc(COCC[C@@H]2O[C@]3(C[C@@H]2OCc2ccccc2)O[C@]2(CC[C@@H]3C)C[C@@H](OC)C[C@@H](CO[Si](c3ccccc3)(c3ccccc3)C(C)(C)C)O2)cc1. The van der Waals surface area contributed by atoms with Crippen molar-refractivity contribution in [2.75, 3.05) is 27.4 Å². The molecule has 306 valence electrons. The second kappa shape index (κ2) is 18.3. The molecule has 0 aromatic heterocycles. The van der Waals surface area contributed by atoms with Crippen LogP contribution in [0.25, 0.3) is 0 Å². The highest BCUT2D eigenvalue weighted by Crippen LogP contribution is 2.52. The third-order valence-corrected chi connectivity index (χ3v) is 17.3. The van der Waals surface area contributed by atoms with Gasteiger partial charge in [-0.2, -0.15) is 0 Å². The average molecular weight is 795 g/mol. The van der Waals surface area contributed by atoms with Gasteiger partial charge in [-0.05, 0) is 51.5 Å². The van der Waals surface area contributed by atoms with E-state index in [4.69, 9.17) is 37.6 Å². The van der Waals surface area contributed by atoms with E-state index < -0.39 is 19.9 Å². The molecule has 57 heavy (non-hydrogen) atoms. The van der Waals surface area contributed by atoms with Crippen molar-refractivity contribution in [2.24, 2.45) is 5.92 Å². The topological polar surface area (TPSA) is 73.8 Å². The molecule has 3 aliphatic rings. The van der Waals surface area contributed by atoms with Gasteiger partial charge in [0.05, 0.1) is 51.3 Å². The normalized spacial score (nSPS) is 27.9. The number of methoxy groups -OCH3 is 2. The van der Waals surface area contributed by atoms with E-state index in [1.165, 1.54) is 10.4 Å². The maximum absolute atomic E-state index is 7.41. The molecule has 3 heterocycles. The van der Waals surface area contributed by atoms with Crippen LogP contribution in [-0.4, -0.2) is 71.7 Å². The molecule has 4 aromatic carbocycles. The Morgan fingerprint density at radius 3 is 2.00 bits per heavy atom. The summed E-state index contributed by atoms with van der Waals surface area (Å²) < 4.78 is 53.3. The van der Waals surface area contributed by atoms with Crippen molar-refractivity contribution in [3.05, 3.63) is 126 Å². The van der Waals surface area contributed by atoms with Crippen LogP contribution < -0.4 is 15.1 Å². The molecule has 0 radical (unpaired) electrons. The fraction of sp³-hybridized carbons (Fsp3) is 0.500. The monoisotopic (exact) mass is 794 g/mol. The minimum Gasteiger partial charge on any atom is -0.497 e. The molecule has 0 aliphatic carbocycles. The molecule has 3 fully saturated rings. The van der Waals surface area contributed by atoms with Crippen molar-refractivity contribution in [3.63, 3.8) is 0 Å². The van der Waals surface area contributed by atoms with E-state index in [0.29, 0.717) is 45.7 Å². The lowest BCUT2D eigenvalue weighted by molar-refractivity contribution is -0.415. The van der Waals surface area contributed by atoms with Crippen LogP contribution in [0.15, 0.2) is 115 Å². The highest BCUT2D eigenvalue weighted by atomic mass is 28.4. The van der Waals surface area contributed by atoms with Crippen LogP contribution in [0, 0.1) is 5.92 Å². The third kappa shape index (κ3) is 9.42. The number of hydrogen-bond acceptors (Lipinski definition) is 8. The van der Waals surface area contributed by atoms with Crippen LogP contribution in [0.2, 0.25) is 5.04 Å². The lowest BCUT2D eigenvalue weighted by atomic mass is 9.83. The van der Waals surface area contributed by atoms with Crippen LogP contribution >= 0.6 is 0 Å². The predicted octanol–water partition coefficient (Wildman–Crippen LogP) is 8.59. The second-order valence-corrected chi connectivity index (χ2v) is 21.5. The third-order valence-electron chi connectivity index (χ3n) is 12.3. The van der Waals surface area contributed by atoms with Gasteiger partial charge in [-0.15, -0.1) is 0 Å². The zero-order valence-electron chi connectivity index (χ0n) is 34.7. The Kier molecular flexibility index (Phi) is 13.4. The van der Waals surface area contributed by atoms with Crippen molar-refractivity contribution in [1.29, 1.82) is 0 Å². The standard InChI is InChI=1S/C48H62O8Si/c1-36-26-28-47(31-40(50-6)30-41(54-47)35-53-57(46(2,3)4,42-18-12-8-13-19-42)43-20-14-9-15-21-43)56-48(36)32-45(52-34-37-16-10-7-11-17-37)44(55-48)27-29-51-33-38-22-24-39(49-5)25-23-38/h7-25,36,40-41,44-45H,26-35H2,1-6H3/t36-,40-,41-,44-,45-,47+,48+/m0/s1. The summed E-state index contributed by atoms with van der Waals surface area (Å²) in [4.78, 5) is 0. The van der Waals surface area contributed by atoms with Crippen LogP contribution in [0.4, 0.5) is 0 Å². The van der Waals surface area contributed by atoms with Gasteiger partial charge in [0.15, 0.2) is 11.6 Å². The highest BCUT2D eigenvalue weighted by molar-refractivity contribution is 6.99. The van der Waals surface area contributed by atoms with E-state index in [1.807, 2.05) is 42.5 Å². The van der Waals surface area contributed by atoms with Gasteiger partial charge in [0.1, 0.15) is 5.75 Å². The molecule has 3 aliphatic heterocycles. The zero-order valence-corrected chi connectivity index (χ0v) is 35.7. The van der Waals surface area contributed by atoms with Crippen molar-refractivity contribution in [2.45, 2.75) is 120 Å². The Hall–Kier alpha value is -3.38. The molecule has 2 spiro atoms. The Bertz CT molecular complexity index is 1780. The van der Waals surface area contributed by atoms with Crippen molar-refractivity contribution < 1.29 is 37.6 Å². The van der Waals surface area contributed by atoms with Gasteiger partial charge in [0, 0.05) is 45.3 Å². The Morgan fingerprint density at radius 1 is 0.754 bits per heavy atom. The predicted molar refractivity (Wildman–Crippen MR) is 225 cm³/mol. The zero-order chi connectivity index (χ0) is 39.9. The molecule has 0 N–H and O–H groups in total. The van der Waals surface area contributed by atoms with Gasteiger partial charge in [-0.25, -0.2) is 0 Å². The number of ether oxygens (including phenoxy) is 7. The summed E-state index contributed by atoms with van der Waals surface area (Å²) in [6.07, 6.45) is 3.61. The Balaban J connectivity index is 1.10. The molecule has 0 unspecified atom stereocenters. The Morgan fingerprint density at radius 2 is 1.39 bits per heavy atom. The minimum absolute atomic E-state index is 0.0503. The molecule has 0 bridgehead atoms. The molecule has 3 saturated heterocycles. The number of benzene rings is 4. The molecule has 8 nitrogen and oxygen atoms in total. The maximum Gasteiger partial charge on any atom is 0.261 e. The summed E-state index contributed by atoms with van der Waals surface area (Å²) in [5.41, 5.74) is 2.22. The van der Waals surface area contributed by atoms with Gasteiger partial charge < -0.3 is 37.6 Å². The van der Waals surface area contributed by atoms with Crippen LogP contribution in [0.1, 0.15) is 77.3 Å². The lowest BCUT2D eigenvalue weighted by Crippen LogP contribution is -2.67. The molecular formula is C48H62O8Si. The number of hydrogen-bond donors (Lipinski definition) is 0. The quantitative estimate of drug-likeness (QED) is 0.0876. The van der Waals surface area contributed by atoms with Gasteiger partial charge in [0.25, 0.3) is 8.32 Å². The fourth-order valence-corrected chi connectivity index (χ4v) is 13.8. The minimum atomic E-state index is -2.79. The van der Waals surface area contributed by atoms with E-state index in [9.17, 15) is 0 Å². The summed E-state index contributed by atoms with van der Waals surface area (Å²) in [6.45, 7) is 11.1. The molecule has 0 saturated carbocycles. The summed E-state index contributed by atoms with van der Waals surface area (Å²) in [6, 6.07) is 39.9. The highest BCUT2D eigenvalue weighted by Gasteiger charge is 2.60. The molecule has 4 aromatic rings. The van der Waals surface area contributed by atoms with Crippen molar-refractivity contribution >= 4 is 18.7 Å². The number of rotatable bonds is 15. The van der Waals surface area contributed by atoms with Crippen molar-refractivity contribution in [3.8, 4) is 5.75 Å². The van der Waals surface area contributed by atoms with Gasteiger partial charge in [-0.1, -0.05) is 131 Å². The van der Waals surface area contributed by atoms with E-state index in [1.54, 1.807) is 14.2 Å². The largest absolute Gasteiger partial charge is 0.497 e. The molecule has 7 rings (SSSR count). The lowest BCUT2D eigenvalue weighted by Gasteiger charge is -2.53. The molecule has 9 heteroatoms. The molecular weight excluding hydrogens is 733 g/mol. The first kappa shape index (κ1) is 41.8. The summed E-state index contributed by atoms with van der Waals surface area (Å²) in [5.74, 6) is -0.791. The van der Waals surface area contributed by atoms with Gasteiger partial charge >= 0.3 is 0 Å². The second-order valence-electron chi connectivity index (χ2n) is 17.2. The summed E-state index contributed by atoms with van der Waals surface area (Å²) >= 11 is 0. The van der Waals surface area contributed by atoms with E-state index in [0.717, 1.165) is 36.1 Å². The fourth-order valence-electron chi connectivity index (χ4n) is 9.21. The first-order valence-electron chi connectivity index (χ1n) is 20.8. The van der Waals surface area contributed by atoms with Gasteiger partial charge in [0.2, 0.25) is 0 Å². The molecule has 7 atom stereocenters. The van der Waals surface area contributed by atoms with E-state index >= 15 is 0 Å². The van der Waals surface area contributed by atoms with Crippen LogP contribution in [0.5, 0.6) is 5.75 Å². The van der Waals surface area contributed by atoms with Gasteiger partial charge in [-0.3, -0.25) is 0 Å². The first-order chi connectivity index (χ1) is 27.6. The Labute approximate surface area is 341 Å². The average Bonchev–Trinajstić information content (AvgIpc) is 3.58. The smallest absolute Gasteiger partial charge is 0.261 e. The first-order valence-corrected chi connectivity index (χ1v) is 22.7. The molecule has 0 amide bonds. The van der Waals surface area contributed by atoms with Crippen LogP contribution in [0.3, 0.4) is 0 Å². The maximum atomic E-state index is 7.41. The summed E-state index contributed by atoms with van der Waals surface area (Å²) in [7, 11) is 0.687. The summed E-state index contributed by atoms with van der Waals surface area (Å²) in [5, 5.41) is 2.35. The van der Waals surface area contributed by atoms with E-state index in [2.05, 4.69) is 100 Å².